The van der Waals surface area contributed by atoms with Crippen molar-refractivity contribution in [2.75, 3.05) is 18.6 Å². The molecule has 0 bridgehead atoms. The van der Waals surface area contributed by atoms with Crippen LogP contribution in [0.2, 0.25) is 0 Å². The second-order valence-corrected chi connectivity index (χ2v) is 5.32. The molecule has 94 valence electrons. The normalized spacial score (nSPS) is 12.6. The van der Waals surface area contributed by atoms with Crippen LogP contribution < -0.4 is 4.90 Å². The van der Waals surface area contributed by atoms with Crippen LogP contribution in [0, 0.1) is 11.8 Å². The predicted molar refractivity (Wildman–Crippen MR) is 73.0 cm³/mol. The number of amides is 1. The van der Waals surface area contributed by atoms with Gasteiger partial charge in [-0.05, 0) is 30.2 Å². The number of rotatable bonds is 4. The lowest BCUT2D eigenvalue weighted by Crippen LogP contribution is -2.37. The maximum absolute atomic E-state index is 12.2. The molecule has 0 aliphatic carbocycles. The molecule has 0 aliphatic heterocycles. The minimum atomic E-state index is -0.344. The zero-order valence-electron chi connectivity index (χ0n) is 10.4. The van der Waals surface area contributed by atoms with Gasteiger partial charge in [0.15, 0.2) is 0 Å². The summed E-state index contributed by atoms with van der Waals surface area (Å²) in [6.45, 7) is 3.76. The third-order valence-electron chi connectivity index (χ3n) is 2.86. The van der Waals surface area contributed by atoms with Crippen LogP contribution in [0.25, 0.3) is 0 Å². The van der Waals surface area contributed by atoms with Gasteiger partial charge in [0.1, 0.15) is 0 Å². The third-order valence-corrected chi connectivity index (χ3v) is 3.39. The average molecular weight is 300 g/mol. The van der Waals surface area contributed by atoms with E-state index in [0.29, 0.717) is 0 Å². The largest absolute Gasteiger partial charge is 0.396 e. The van der Waals surface area contributed by atoms with Crippen LogP contribution >= 0.6 is 15.9 Å². The molecule has 1 atom stereocenters. The number of aliphatic hydroxyl groups excluding tert-OH is 1. The van der Waals surface area contributed by atoms with Crippen molar-refractivity contribution in [1.29, 1.82) is 0 Å². The van der Waals surface area contributed by atoms with E-state index in [1.165, 1.54) is 0 Å². The van der Waals surface area contributed by atoms with Crippen LogP contribution in [0.4, 0.5) is 5.69 Å². The standard InChI is InChI=1S/C13H18BrNO2/c1-9(2)12(8-16)13(17)15(3)11-6-4-10(14)5-7-11/h4-7,9,12,16H,8H2,1-3H3. The SMILES string of the molecule is CC(C)C(CO)C(=O)N(C)c1ccc(Br)cc1. The molecule has 1 aromatic rings. The van der Waals surface area contributed by atoms with Crippen molar-refractivity contribution in [3.05, 3.63) is 28.7 Å². The fourth-order valence-electron chi connectivity index (χ4n) is 1.61. The molecular weight excluding hydrogens is 282 g/mol. The smallest absolute Gasteiger partial charge is 0.232 e. The lowest BCUT2D eigenvalue weighted by molar-refractivity contribution is -0.124. The number of carbonyl (C=O) groups is 1. The Bertz CT molecular complexity index is 376. The molecule has 0 spiro atoms. The topological polar surface area (TPSA) is 40.5 Å². The molecule has 0 saturated carbocycles. The van der Waals surface area contributed by atoms with E-state index in [0.717, 1.165) is 10.2 Å². The van der Waals surface area contributed by atoms with E-state index in [4.69, 9.17) is 0 Å². The zero-order chi connectivity index (χ0) is 13.0. The summed E-state index contributed by atoms with van der Waals surface area (Å²) in [5, 5.41) is 9.25. The summed E-state index contributed by atoms with van der Waals surface area (Å²) < 4.78 is 0.977. The van der Waals surface area contributed by atoms with Crippen molar-refractivity contribution in [2.45, 2.75) is 13.8 Å². The Balaban J connectivity index is 2.85. The molecule has 0 radical (unpaired) electrons. The molecule has 1 aromatic carbocycles. The van der Waals surface area contributed by atoms with Crippen LogP contribution in [0.1, 0.15) is 13.8 Å². The van der Waals surface area contributed by atoms with E-state index in [-0.39, 0.29) is 24.3 Å². The number of hydrogen-bond donors (Lipinski definition) is 1. The lowest BCUT2D eigenvalue weighted by atomic mass is 9.95. The number of anilines is 1. The van der Waals surface area contributed by atoms with Crippen molar-refractivity contribution in [1.82, 2.24) is 0 Å². The second kappa shape index (κ2) is 6.17. The predicted octanol–water partition coefficient (Wildman–Crippen LogP) is 2.68. The molecule has 1 N–H and O–H groups in total. The van der Waals surface area contributed by atoms with Crippen molar-refractivity contribution in [3.63, 3.8) is 0 Å². The van der Waals surface area contributed by atoms with Gasteiger partial charge >= 0.3 is 0 Å². The first-order valence-electron chi connectivity index (χ1n) is 5.61. The van der Waals surface area contributed by atoms with Crippen LogP contribution in [0.5, 0.6) is 0 Å². The number of hydrogen-bond acceptors (Lipinski definition) is 2. The third kappa shape index (κ3) is 3.54. The van der Waals surface area contributed by atoms with Gasteiger partial charge < -0.3 is 10.0 Å². The number of carbonyl (C=O) groups excluding carboxylic acids is 1. The van der Waals surface area contributed by atoms with E-state index < -0.39 is 0 Å². The molecule has 3 nitrogen and oxygen atoms in total. The van der Waals surface area contributed by atoms with Gasteiger partial charge in [0, 0.05) is 17.2 Å². The Morgan fingerprint density at radius 3 is 2.29 bits per heavy atom. The Morgan fingerprint density at radius 1 is 1.35 bits per heavy atom. The van der Waals surface area contributed by atoms with E-state index in [1.54, 1.807) is 11.9 Å². The molecule has 1 amide bonds. The molecule has 1 rings (SSSR count). The van der Waals surface area contributed by atoms with E-state index >= 15 is 0 Å². The van der Waals surface area contributed by atoms with Crippen molar-refractivity contribution in [2.24, 2.45) is 11.8 Å². The number of aliphatic hydroxyl groups is 1. The van der Waals surface area contributed by atoms with E-state index in [9.17, 15) is 9.90 Å². The van der Waals surface area contributed by atoms with E-state index in [1.807, 2.05) is 38.1 Å². The van der Waals surface area contributed by atoms with Crippen LogP contribution in [-0.4, -0.2) is 24.7 Å². The van der Waals surface area contributed by atoms with Crippen molar-refractivity contribution in [3.8, 4) is 0 Å². The highest BCUT2D eigenvalue weighted by Crippen LogP contribution is 2.21. The summed E-state index contributed by atoms with van der Waals surface area (Å²) >= 11 is 3.35. The number of nitrogens with zero attached hydrogens (tertiary/aromatic N) is 1. The van der Waals surface area contributed by atoms with Crippen LogP contribution in [0.3, 0.4) is 0 Å². The molecule has 0 aliphatic rings. The number of benzene rings is 1. The summed E-state index contributed by atoms with van der Waals surface area (Å²) in [5.74, 6) is -0.265. The highest BCUT2D eigenvalue weighted by Gasteiger charge is 2.25. The first-order chi connectivity index (χ1) is 7.97. The van der Waals surface area contributed by atoms with Gasteiger partial charge in [-0.3, -0.25) is 4.79 Å². The minimum absolute atomic E-state index is 0.0511. The summed E-state index contributed by atoms with van der Waals surface area (Å²) in [7, 11) is 1.73. The van der Waals surface area contributed by atoms with Gasteiger partial charge in [-0.15, -0.1) is 0 Å². The lowest BCUT2D eigenvalue weighted by Gasteiger charge is -2.25. The van der Waals surface area contributed by atoms with Gasteiger partial charge in [-0.25, -0.2) is 0 Å². The fourth-order valence-corrected chi connectivity index (χ4v) is 1.88. The highest BCUT2D eigenvalue weighted by atomic mass is 79.9. The molecule has 4 heteroatoms. The summed E-state index contributed by atoms with van der Waals surface area (Å²) in [6.07, 6.45) is 0. The Labute approximate surface area is 111 Å². The first-order valence-corrected chi connectivity index (χ1v) is 6.40. The fraction of sp³-hybridized carbons (Fsp3) is 0.462. The maximum atomic E-state index is 12.2. The Morgan fingerprint density at radius 2 is 1.88 bits per heavy atom. The molecule has 1 unspecified atom stereocenters. The van der Waals surface area contributed by atoms with E-state index in [2.05, 4.69) is 15.9 Å². The van der Waals surface area contributed by atoms with Gasteiger partial charge in [-0.2, -0.15) is 0 Å². The van der Waals surface area contributed by atoms with Gasteiger partial charge in [0.2, 0.25) is 5.91 Å². The van der Waals surface area contributed by atoms with Crippen LogP contribution in [0.15, 0.2) is 28.7 Å². The van der Waals surface area contributed by atoms with Crippen molar-refractivity contribution >= 4 is 27.5 Å². The first kappa shape index (κ1) is 14.2. The minimum Gasteiger partial charge on any atom is -0.396 e. The summed E-state index contributed by atoms with van der Waals surface area (Å²) in [5.41, 5.74) is 0.831. The maximum Gasteiger partial charge on any atom is 0.232 e. The molecule has 0 aromatic heterocycles. The summed E-state index contributed by atoms with van der Waals surface area (Å²) in [4.78, 5) is 13.7. The Kier molecular flexibility index (Phi) is 5.15. The zero-order valence-corrected chi connectivity index (χ0v) is 11.9. The van der Waals surface area contributed by atoms with Gasteiger partial charge in [0.05, 0.1) is 12.5 Å². The van der Waals surface area contributed by atoms with Crippen molar-refractivity contribution < 1.29 is 9.90 Å². The summed E-state index contributed by atoms with van der Waals surface area (Å²) in [6, 6.07) is 7.53. The quantitative estimate of drug-likeness (QED) is 0.928. The molecule has 0 saturated heterocycles. The number of halogens is 1. The monoisotopic (exact) mass is 299 g/mol. The second-order valence-electron chi connectivity index (χ2n) is 4.41. The van der Waals surface area contributed by atoms with Gasteiger partial charge in [-0.1, -0.05) is 29.8 Å². The Hall–Kier alpha value is -0.870. The molecular formula is C13H18BrNO2. The van der Waals surface area contributed by atoms with Gasteiger partial charge in [0.25, 0.3) is 0 Å². The molecule has 17 heavy (non-hydrogen) atoms. The highest BCUT2D eigenvalue weighted by molar-refractivity contribution is 9.10. The van der Waals surface area contributed by atoms with Crippen LogP contribution in [-0.2, 0) is 4.79 Å². The molecule has 0 heterocycles. The average Bonchev–Trinajstić information content (AvgIpc) is 2.29. The molecule has 0 fully saturated rings.